The van der Waals surface area contributed by atoms with E-state index in [0.29, 0.717) is 5.41 Å². The average Bonchev–Trinajstić information content (AvgIpc) is 2.52. The molecule has 3 rings (SSSR count). The van der Waals surface area contributed by atoms with Crippen LogP contribution in [0.3, 0.4) is 0 Å². The summed E-state index contributed by atoms with van der Waals surface area (Å²) in [7, 11) is 0. The van der Waals surface area contributed by atoms with Gasteiger partial charge in [0.25, 0.3) is 0 Å². The topological polar surface area (TPSA) is 0 Å². The molecule has 82 valence electrons. The van der Waals surface area contributed by atoms with Crippen LogP contribution in [-0.2, 0) is 0 Å². The summed E-state index contributed by atoms with van der Waals surface area (Å²) in [6.07, 6.45) is 6.56. The van der Waals surface area contributed by atoms with Crippen molar-refractivity contribution in [1.29, 1.82) is 0 Å². The summed E-state index contributed by atoms with van der Waals surface area (Å²) >= 11 is 0. The first-order chi connectivity index (χ1) is 7.00. The van der Waals surface area contributed by atoms with Gasteiger partial charge in [-0.05, 0) is 55.3 Å². The molecule has 15 heavy (non-hydrogen) atoms. The molecule has 0 heterocycles. The van der Waals surface area contributed by atoms with E-state index in [4.69, 9.17) is 0 Å². The maximum absolute atomic E-state index is 4.41. The lowest BCUT2D eigenvalue weighted by Gasteiger charge is -2.58. The van der Waals surface area contributed by atoms with Crippen molar-refractivity contribution >= 4 is 0 Å². The fourth-order valence-corrected chi connectivity index (χ4v) is 4.37. The van der Waals surface area contributed by atoms with Gasteiger partial charge in [0, 0.05) is 0 Å². The third-order valence-corrected chi connectivity index (χ3v) is 5.46. The first-order valence-electron chi connectivity index (χ1n) is 6.36. The fraction of sp³-hybridized carbons (Fsp3) is 0.733. The van der Waals surface area contributed by atoms with Crippen molar-refractivity contribution in [3.05, 3.63) is 23.8 Å². The first kappa shape index (κ1) is 9.69. The highest BCUT2D eigenvalue weighted by atomic mass is 14.6. The Morgan fingerprint density at radius 1 is 1.27 bits per heavy atom. The zero-order valence-corrected chi connectivity index (χ0v) is 10.2. The number of fused-ring (bicyclic) bond motifs is 2. The van der Waals surface area contributed by atoms with Gasteiger partial charge in [0.05, 0.1) is 0 Å². The van der Waals surface area contributed by atoms with Crippen LogP contribution in [0.25, 0.3) is 0 Å². The maximum atomic E-state index is 4.41. The van der Waals surface area contributed by atoms with Gasteiger partial charge < -0.3 is 0 Å². The molecule has 3 aliphatic rings. The fourth-order valence-electron chi connectivity index (χ4n) is 4.37. The molecule has 2 fully saturated rings. The number of hydrogen-bond donors (Lipinski definition) is 0. The number of rotatable bonds is 0. The van der Waals surface area contributed by atoms with Crippen molar-refractivity contribution in [1.82, 2.24) is 0 Å². The van der Waals surface area contributed by atoms with Gasteiger partial charge >= 0.3 is 0 Å². The number of hydrogen-bond acceptors (Lipinski definition) is 0. The highest BCUT2D eigenvalue weighted by Crippen LogP contribution is 2.63. The third kappa shape index (κ3) is 1.14. The Balaban J connectivity index is 1.89. The van der Waals surface area contributed by atoms with Crippen LogP contribution in [-0.4, -0.2) is 0 Å². The standard InChI is InChI=1S/C15H22/c1-9-5-6-11-10(2)13-8-15(3,4)14(13)7-12(9)11/h5,11-14H,2,6-8H2,1,3-4H3/t11?,12?,13-,14-/m1/s1. The highest BCUT2D eigenvalue weighted by Gasteiger charge is 2.54. The molecule has 0 bridgehead atoms. The van der Waals surface area contributed by atoms with Gasteiger partial charge in [-0.25, -0.2) is 0 Å². The summed E-state index contributed by atoms with van der Waals surface area (Å²) in [6, 6.07) is 0. The normalized spacial score (nSPS) is 46.6. The van der Waals surface area contributed by atoms with E-state index in [1.165, 1.54) is 19.3 Å². The summed E-state index contributed by atoms with van der Waals surface area (Å²) in [5, 5.41) is 0. The zero-order valence-electron chi connectivity index (χ0n) is 10.2. The lowest BCUT2D eigenvalue weighted by Crippen LogP contribution is -2.50. The van der Waals surface area contributed by atoms with Crippen LogP contribution >= 0.6 is 0 Å². The van der Waals surface area contributed by atoms with Crippen molar-refractivity contribution in [2.45, 2.75) is 40.0 Å². The summed E-state index contributed by atoms with van der Waals surface area (Å²) in [5.74, 6) is 3.44. The average molecular weight is 202 g/mol. The van der Waals surface area contributed by atoms with Crippen LogP contribution in [0.1, 0.15) is 40.0 Å². The van der Waals surface area contributed by atoms with Crippen LogP contribution in [0.15, 0.2) is 23.8 Å². The maximum Gasteiger partial charge on any atom is -0.0103 e. The molecule has 0 saturated heterocycles. The van der Waals surface area contributed by atoms with Gasteiger partial charge in [0.1, 0.15) is 0 Å². The molecular weight excluding hydrogens is 180 g/mol. The second kappa shape index (κ2) is 2.78. The summed E-state index contributed by atoms with van der Waals surface area (Å²) in [6.45, 7) is 11.6. The molecule has 0 aliphatic heterocycles. The summed E-state index contributed by atoms with van der Waals surface area (Å²) < 4.78 is 0. The smallest absolute Gasteiger partial charge is 0.0103 e. The van der Waals surface area contributed by atoms with Gasteiger partial charge in [-0.15, -0.1) is 0 Å². The largest absolute Gasteiger partial charge is 0.0993 e. The van der Waals surface area contributed by atoms with Crippen molar-refractivity contribution < 1.29 is 0 Å². The van der Waals surface area contributed by atoms with Gasteiger partial charge in [0.2, 0.25) is 0 Å². The second-order valence-electron chi connectivity index (χ2n) is 6.61. The van der Waals surface area contributed by atoms with Crippen LogP contribution < -0.4 is 0 Å². The highest BCUT2D eigenvalue weighted by molar-refractivity contribution is 5.29. The van der Waals surface area contributed by atoms with Gasteiger partial charge in [0.15, 0.2) is 0 Å². The summed E-state index contributed by atoms with van der Waals surface area (Å²) in [4.78, 5) is 0. The Bertz CT molecular complexity index is 345. The quantitative estimate of drug-likeness (QED) is 0.517. The molecule has 0 spiro atoms. The monoisotopic (exact) mass is 202 g/mol. The minimum Gasteiger partial charge on any atom is -0.0993 e. The van der Waals surface area contributed by atoms with E-state index in [2.05, 4.69) is 33.4 Å². The van der Waals surface area contributed by atoms with Crippen molar-refractivity contribution in [2.24, 2.45) is 29.1 Å². The number of allylic oxidation sites excluding steroid dienone is 3. The molecule has 0 nitrogen and oxygen atoms in total. The Labute approximate surface area is 93.5 Å². The van der Waals surface area contributed by atoms with Crippen LogP contribution in [0.2, 0.25) is 0 Å². The third-order valence-electron chi connectivity index (χ3n) is 5.46. The Morgan fingerprint density at radius 3 is 2.67 bits per heavy atom. The minimum absolute atomic E-state index is 0.585. The van der Waals surface area contributed by atoms with E-state index >= 15 is 0 Å². The molecule has 0 N–H and O–H groups in total. The summed E-state index contributed by atoms with van der Waals surface area (Å²) in [5.41, 5.74) is 3.81. The lowest BCUT2D eigenvalue weighted by atomic mass is 9.46. The molecule has 0 amide bonds. The van der Waals surface area contributed by atoms with E-state index in [1.54, 1.807) is 11.1 Å². The molecule has 2 saturated carbocycles. The molecule has 2 unspecified atom stereocenters. The van der Waals surface area contributed by atoms with E-state index in [0.717, 1.165) is 23.7 Å². The van der Waals surface area contributed by atoms with Gasteiger partial charge in [-0.1, -0.05) is 37.6 Å². The van der Waals surface area contributed by atoms with E-state index in [1.807, 2.05) is 0 Å². The Kier molecular flexibility index (Phi) is 1.80. The second-order valence-corrected chi connectivity index (χ2v) is 6.61. The molecule has 0 aromatic heterocycles. The zero-order chi connectivity index (χ0) is 10.8. The predicted molar refractivity (Wildman–Crippen MR) is 64.5 cm³/mol. The van der Waals surface area contributed by atoms with Gasteiger partial charge in [-0.2, -0.15) is 0 Å². The van der Waals surface area contributed by atoms with Crippen LogP contribution in [0.5, 0.6) is 0 Å². The van der Waals surface area contributed by atoms with Crippen molar-refractivity contribution in [2.75, 3.05) is 0 Å². The van der Waals surface area contributed by atoms with Gasteiger partial charge in [-0.3, -0.25) is 0 Å². The molecule has 3 aliphatic carbocycles. The van der Waals surface area contributed by atoms with Crippen molar-refractivity contribution in [3.8, 4) is 0 Å². The Hall–Kier alpha value is -0.520. The van der Waals surface area contributed by atoms with Crippen LogP contribution in [0.4, 0.5) is 0 Å². The van der Waals surface area contributed by atoms with E-state index in [9.17, 15) is 0 Å². The molecule has 0 heteroatoms. The SMILES string of the molecule is C=C1C2CC=C(C)C2C[C@@H]2[C@@H]1CC2(C)C. The van der Waals surface area contributed by atoms with Crippen LogP contribution in [0, 0.1) is 29.1 Å². The minimum atomic E-state index is 0.585. The van der Waals surface area contributed by atoms with Crippen molar-refractivity contribution in [3.63, 3.8) is 0 Å². The Morgan fingerprint density at radius 2 is 2.00 bits per heavy atom. The lowest BCUT2D eigenvalue weighted by molar-refractivity contribution is -0.0334. The first-order valence-corrected chi connectivity index (χ1v) is 6.36. The van der Waals surface area contributed by atoms with E-state index in [-0.39, 0.29) is 0 Å². The molecular formula is C15H22. The molecule has 4 atom stereocenters. The molecule has 0 aromatic carbocycles. The predicted octanol–water partition coefficient (Wildman–Crippen LogP) is 4.19. The molecule has 0 aromatic rings. The van der Waals surface area contributed by atoms with E-state index < -0.39 is 0 Å². The molecule has 0 radical (unpaired) electrons.